The summed E-state index contributed by atoms with van der Waals surface area (Å²) in [5.41, 5.74) is 4.49. The minimum atomic E-state index is -0.0749. The van der Waals surface area contributed by atoms with Crippen LogP contribution in [0.4, 0.5) is 0 Å². The van der Waals surface area contributed by atoms with Gasteiger partial charge < -0.3 is 4.74 Å². The number of benzene rings is 2. The van der Waals surface area contributed by atoms with Gasteiger partial charge in [-0.2, -0.15) is 5.10 Å². The fraction of sp³-hybridized carbons (Fsp3) is 0.222. The lowest BCUT2D eigenvalue weighted by molar-refractivity contribution is -0.122. The first-order valence-electron chi connectivity index (χ1n) is 7.40. The van der Waals surface area contributed by atoms with Gasteiger partial charge in [0.2, 0.25) is 5.91 Å². The molecule has 23 heavy (non-hydrogen) atoms. The summed E-state index contributed by atoms with van der Waals surface area (Å²) >= 11 is 6.17. The van der Waals surface area contributed by atoms with Crippen LogP contribution in [0.1, 0.15) is 23.5 Å². The molecule has 2 atom stereocenters. The zero-order valence-electron chi connectivity index (χ0n) is 12.7. The average molecular weight is 329 g/mol. The molecule has 2 aromatic rings. The van der Waals surface area contributed by atoms with Gasteiger partial charge in [0.25, 0.3) is 0 Å². The molecule has 0 heterocycles. The van der Waals surface area contributed by atoms with E-state index < -0.39 is 0 Å². The number of nitrogens with one attached hydrogen (secondary N) is 1. The van der Waals surface area contributed by atoms with Crippen molar-refractivity contribution in [2.24, 2.45) is 11.0 Å². The molecule has 5 heteroatoms. The highest BCUT2D eigenvalue weighted by Gasteiger charge is 2.44. The summed E-state index contributed by atoms with van der Waals surface area (Å²) in [5, 5.41) is 4.73. The van der Waals surface area contributed by atoms with Crippen molar-refractivity contribution in [3.63, 3.8) is 0 Å². The second kappa shape index (κ2) is 6.84. The van der Waals surface area contributed by atoms with Gasteiger partial charge in [-0.15, -0.1) is 0 Å². The molecule has 1 saturated carbocycles. The summed E-state index contributed by atoms with van der Waals surface area (Å²) in [6.45, 7) is 0. The summed E-state index contributed by atoms with van der Waals surface area (Å²) < 4.78 is 5.14. The first-order chi connectivity index (χ1) is 11.2. The van der Waals surface area contributed by atoms with Crippen LogP contribution >= 0.6 is 11.6 Å². The molecule has 1 N–H and O–H groups in total. The maximum absolute atomic E-state index is 12.1. The molecule has 118 valence electrons. The molecule has 1 amide bonds. The average Bonchev–Trinajstić information content (AvgIpc) is 3.36. The number of amides is 1. The number of carbonyl (C=O) groups excluding carboxylic acids is 1. The third-order valence-electron chi connectivity index (χ3n) is 3.91. The Hall–Kier alpha value is -2.33. The van der Waals surface area contributed by atoms with Crippen LogP contribution in [0, 0.1) is 5.92 Å². The minimum absolute atomic E-state index is 0.0580. The number of rotatable bonds is 5. The van der Waals surface area contributed by atoms with Crippen molar-refractivity contribution < 1.29 is 9.53 Å². The Morgan fingerprint density at radius 1 is 1.30 bits per heavy atom. The van der Waals surface area contributed by atoms with Crippen LogP contribution in [0.3, 0.4) is 0 Å². The highest BCUT2D eigenvalue weighted by atomic mass is 35.5. The van der Waals surface area contributed by atoms with Crippen LogP contribution < -0.4 is 10.2 Å². The van der Waals surface area contributed by atoms with Gasteiger partial charge in [-0.25, -0.2) is 5.43 Å². The van der Waals surface area contributed by atoms with E-state index in [1.807, 2.05) is 48.5 Å². The molecule has 0 bridgehead atoms. The van der Waals surface area contributed by atoms with Crippen LogP contribution in [0.5, 0.6) is 5.75 Å². The lowest BCUT2D eigenvalue weighted by Crippen LogP contribution is -2.20. The predicted octanol–water partition coefficient (Wildman–Crippen LogP) is 3.60. The number of nitrogens with zero attached hydrogens (tertiary/aromatic N) is 1. The van der Waals surface area contributed by atoms with Crippen molar-refractivity contribution >= 4 is 23.7 Å². The van der Waals surface area contributed by atoms with Crippen molar-refractivity contribution in [1.82, 2.24) is 5.43 Å². The lowest BCUT2D eigenvalue weighted by atomic mass is 10.1. The van der Waals surface area contributed by atoms with E-state index in [0.717, 1.165) is 23.3 Å². The zero-order chi connectivity index (χ0) is 16.2. The Morgan fingerprint density at radius 3 is 2.91 bits per heavy atom. The Morgan fingerprint density at radius 2 is 2.13 bits per heavy atom. The van der Waals surface area contributed by atoms with E-state index in [1.165, 1.54) is 0 Å². The summed E-state index contributed by atoms with van der Waals surface area (Å²) in [4.78, 5) is 12.1. The fourth-order valence-corrected chi connectivity index (χ4v) is 2.86. The molecule has 0 aromatic heterocycles. The number of methoxy groups -OCH3 is 1. The van der Waals surface area contributed by atoms with E-state index in [2.05, 4.69) is 10.5 Å². The molecule has 2 unspecified atom stereocenters. The minimum Gasteiger partial charge on any atom is -0.497 e. The van der Waals surface area contributed by atoms with Crippen LogP contribution in [-0.2, 0) is 4.79 Å². The van der Waals surface area contributed by atoms with Crippen molar-refractivity contribution in [3.8, 4) is 5.75 Å². The maximum Gasteiger partial charge on any atom is 0.243 e. The summed E-state index contributed by atoms with van der Waals surface area (Å²) in [5.74, 6) is 0.809. The van der Waals surface area contributed by atoms with Gasteiger partial charge in [-0.05, 0) is 41.7 Å². The van der Waals surface area contributed by atoms with Gasteiger partial charge in [-0.1, -0.05) is 41.9 Å². The molecule has 1 fully saturated rings. The van der Waals surface area contributed by atoms with E-state index in [0.29, 0.717) is 5.02 Å². The second-order valence-electron chi connectivity index (χ2n) is 5.48. The standard InChI is InChI=1S/C18H17ClN2O2/c1-23-13-6-4-5-12(9-13)11-20-21-18(22)16-10-15(16)14-7-2-3-8-17(14)19/h2-9,11,15-16H,10H2,1H3,(H,21,22)/b20-11+. The topological polar surface area (TPSA) is 50.7 Å². The third-order valence-corrected chi connectivity index (χ3v) is 4.26. The lowest BCUT2D eigenvalue weighted by Gasteiger charge is -2.03. The highest BCUT2D eigenvalue weighted by Crippen LogP contribution is 2.49. The Balaban J connectivity index is 1.56. The number of hydrogen-bond donors (Lipinski definition) is 1. The number of halogens is 1. The van der Waals surface area contributed by atoms with Crippen molar-refractivity contribution in [2.45, 2.75) is 12.3 Å². The fourth-order valence-electron chi connectivity index (χ4n) is 2.58. The molecule has 3 rings (SSSR count). The second-order valence-corrected chi connectivity index (χ2v) is 5.89. The number of ether oxygens (including phenoxy) is 1. The maximum atomic E-state index is 12.1. The molecule has 1 aliphatic rings. The number of hydrogen-bond acceptors (Lipinski definition) is 3. The van der Waals surface area contributed by atoms with Crippen molar-refractivity contribution in [1.29, 1.82) is 0 Å². The molecular weight excluding hydrogens is 312 g/mol. The first-order valence-corrected chi connectivity index (χ1v) is 7.78. The van der Waals surface area contributed by atoms with E-state index in [4.69, 9.17) is 16.3 Å². The molecule has 0 aliphatic heterocycles. The summed E-state index contributed by atoms with van der Waals surface area (Å²) in [6, 6.07) is 15.1. The zero-order valence-corrected chi connectivity index (χ0v) is 13.5. The van der Waals surface area contributed by atoms with Crippen LogP contribution in [0.15, 0.2) is 53.6 Å². The third kappa shape index (κ3) is 3.71. The van der Waals surface area contributed by atoms with Crippen LogP contribution in [0.2, 0.25) is 5.02 Å². The molecule has 1 aliphatic carbocycles. The van der Waals surface area contributed by atoms with E-state index in [-0.39, 0.29) is 17.7 Å². The normalized spacial score (nSPS) is 19.6. The van der Waals surface area contributed by atoms with E-state index in [9.17, 15) is 4.79 Å². The molecule has 4 nitrogen and oxygen atoms in total. The Labute approximate surface area is 140 Å². The smallest absolute Gasteiger partial charge is 0.243 e. The number of carbonyl (C=O) groups is 1. The van der Waals surface area contributed by atoms with Gasteiger partial charge >= 0.3 is 0 Å². The molecular formula is C18H17ClN2O2. The Kier molecular flexibility index (Phi) is 4.63. The molecule has 0 saturated heterocycles. The van der Waals surface area contributed by atoms with Crippen LogP contribution in [0.25, 0.3) is 0 Å². The first kappa shape index (κ1) is 15.6. The van der Waals surface area contributed by atoms with E-state index >= 15 is 0 Å². The molecule has 0 spiro atoms. The van der Waals surface area contributed by atoms with E-state index in [1.54, 1.807) is 13.3 Å². The van der Waals surface area contributed by atoms with Crippen LogP contribution in [-0.4, -0.2) is 19.2 Å². The summed E-state index contributed by atoms with van der Waals surface area (Å²) in [6.07, 6.45) is 2.41. The van der Waals surface area contributed by atoms with Crippen molar-refractivity contribution in [3.05, 3.63) is 64.7 Å². The Bertz CT molecular complexity index is 745. The molecule has 0 radical (unpaired) electrons. The monoisotopic (exact) mass is 328 g/mol. The highest BCUT2D eigenvalue weighted by molar-refractivity contribution is 6.31. The SMILES string of the molecule is COc1cccc(/C=N/NC(=O)C2CC2c2ccccc2Cl)c1. The van der Waals surface area contributed by atoms with Gasteiger partial charge in [0.1, 0.15) is 5.75 Å². The van der Waals surface area contributed by atoms with Gasteiger partial charge in [0.15, 0.2) is 0 Å². The van der Waals surface area contributed by atoms with Crippen molar-refractivity contribution in [2.75, 3.05) is 7.11 Å². The van der Waals surface area contributed by atoms with Gasteiger partial charge in [-0.3, -0.25) is 4.79 Å². The molecule has 2 aromatic carbocycles. The largest absolute Gasteiger partial charge is 0.497 e. The summed E-state index contributed by atoms with van der Waals surface area (Å²) in [7, 11) is 1.61. The van der Waals surface area contributed by atoms with Gasteiger partial charge in [0.05, 0.1) is 13.3 Å². The number of hydrazone groups is 1. The van der Waals surface area contributed by atoms with Gasteiger partial charge in [0, 0.05) is 10.9 Å². The quantitative estimate of drug-likeness (QED) is 0.673. The predicted molar refractivity (Wildman–Crippen MR) is 91.0 cm³/mol.